The molecule has 11 aromatic rings. The first-order chi connectivity index (χ1) is 26.6. The number of rotatable bonds is 2. The van der Waals surface area contributed by atoms with Crippen LogP contribution < -0.4 is 10.4 Å². The average Bonchev–Trinajstić information content (AvgIpc) is 3.71. The lowest BCUT2D eigenvalue weighted by Crippen LogP contribution is -2.49. The third kappa shape index (κ3) is 4.02. The highest BCUT2D eigenvalue weighted by atomic mass is 32.1. The highest BCUT2D eigenvalue weighted by Crippen LogP contribution is 2.48. The van der Waals surface area contributed by atoms with Crippen molar-refractivity contribution in [3.63, 3.8) is 0 Å². The highest BCUT2D eigenvalue weighted by molar-refractivity contribution is 7.26. The number of thiophene rings is 1. The van der Waals surface area contributed by atoms with Crippen molar-refractivity contribution in [2.24, 2.45) is 0 Å². The van der Waals surface area contributed by atoms with Crippen LogP contribution in [-0.4, -0.2) is 8.07 Å². The Morgan fingerprint density at radius 1 is 0.333 bits per heavy atom. The van der Waals surface area contributed by atoms with Crippen LogP contribution in [0, 0.1) is 0 Å². The smallest absolute Gasteiger partial charge is 0.113 e. The summed E-state index contributed by atoms with van der Waals surface area (Å²) in [6.45, 7) is 5.08. The van der Waals surface area contributed by atoms with E-state index >= 15 is 0 Å². The van der Waals surface area contributed by atoms with Gasteiger partial charge in [-0.25, -0.2) is 0 Å². The first kappa shape index (κ1) is 30.4. The first-order valence-corrected chi connectivity index (χ1v) is 22.7. The molecule has 0 aliphatic carbocycles. The molecule has 0 N–H and O–H groups in total. The minimum atomic E-state index is -1.98. The maximum Gasteiger partial charge on any atom is 0.113 e. The summed E-state index contributed by atoms with van der Waals surface area (Å²) in [5.74, 6) is 0. The van der Waals surface area contributed by atoms with Crippen LogP contribution in [0.3, 0.4) is 0 Å². The standard InChI is InChI=1S/C52H34SSi/c1-54(2)48-27-26-31(28-45(48)46-29-43-34-16-5-3-14-32(34)33-15-4-6-17-35(33)44(43)30-49(46)54)50-37-19-7-9-21-39(37)51(40-22-10-8-20-38(40)50)42-24-13-23-41-36-18-11-12-25-47(36)53-52(41)42/h3-30H,1-2H3. The molecule has 0 saturated carbocycles. The van der Waals surface area contributed by atoms with Gasteiger partial charge in [-0.2, -0.15) is 0 Å². The van der Waals surface area contributed by atoms with Gasteiger partial charge < -0.3 is 0 Å². The van der Waals surface area contributed by atoms with Crippen molar-refractivity contribution in [3.05, 3.63) is 170 Å². The van der Waals surface area contributed by atoms with Crippen molar-refractivity contribution in [1.29, 1.82) is 0 Å². The maximum atomic E-state index is 2.57. The Labute approximate surface area is 318 Å². The predicted octanol–water partition coefficient (Wildman–Crippen LogP) is 14.0. The molecule has 0 amide bonds. The Bertz CT molecular complexity index is 3360. The molecule has 0 atom stereocenters. The minimum Gasteiger partial charge on any atom is -0.135 e. The van der Waals surface area contributed by atoms with E-state index in [1.165, 1.54) is 113 Å². The SMILES string of the molecule is C[Si]1(C)c2ccc(-c3c4ccccc4c(-c4cccc5c4sc4ccccc45)c4ccccc34)cc2-c2cc3c4ccccc4c4ccccc4c3cc21. The second kappa shape index (κ2) is 11.0. The van der Waals surface area contributed by atoms with Gasteiger partial charge in [-0.05, 0) is 110 Å². The summed E-state index contributed by atoms with van der Waals surface area (Å²) in [5, 5.41) is 19.0. The van der Waals surface area contributed by atoms with E-state index in [0.29, 0.717) is 0 Å². The van der Waals surface area contributed by atoms with E-state index in [1.54, 1.807) is 5.19 Å². The Hall–Kier alpha value is -6.06. The van der Waals surface area contributed by atoms with Crippen LogP contribution in [-0.2, 0) is 0 Å². The molecule has 1 aliphatic rings. The van der Waals surface area contributed by atoms with Crippen LogP contribution in [0.4, 0.5) is 0 Å². The van der Waals surface area contributed by atoms with Gasteiger partial charge in [-0.3, -0.25) is 0 Å². The molecule has 1 aliphatic heterocycles. The van der Waals surface area contributed by atoms with Gasteiger partial charge in [0, 0.05) is 25.7 Å². The topological polar surface area (TPSA) is 0 Å². The number of benzene rings is 10. The van der Waals surface area contributed by atoms with E-state index in [2.05, 4.69) is 183 Å². The zero-order chi connectivity index (χ0) is 35.7. The lowest BCUT2D eigenvalue weighted by Gasteiger charge is -2.21. The molecule has 54 heavy (non-hydrogen) atoms. The van der Waals surface area contributed by atoms with Crippen LogP contribution in [0.5, 0.6) is 0 Å². The Morgan fingerprint density at radius 3 is 1.44 bits per heavy atom. The van der Waals surface area contributed by atoms with Crippen LogP contribution >= 0.6 is 11.3 Å². The molecule has 0 fully saturated rings. The van der Waals surface area contributed by atoms with Crippen LogP contribution in [0.25, 0.3) is 107 Å². The van der Waals surface area contributed by atoms with Gasteiger partial charge in [0.05, 0.1) is 0 Å². The molecule has 1 aromatic heterocycles. The fourth-order valence-electron chi connectivity index (χ4n) is 9.98. The summed E-state index contributed by atoms with van der Waals surface area (Å²) in [4.78, 5) is 0. The third-order valence-corrected chi connectivity index (χ3v) is 17.2. The van der Waals surface area contributed by atoms with E-state index in [9.17, 15) is 0 Å². The quantitative estimate of drug-likeness (QED) is 0.0948. The van der Waals surface area contributed by atoms with E-state index in [-0.39, 0.29) is 0 Å². The molecule has 2 heteroatoms. The molecule has 0 nitrogen and oxygen atoms in total. The number of fused-ring (bicyclic) bond motifs is 14. The van der Waals surface area contributed by atoms with Crippen LogP contribution in [0.2, 0.25) is 13.1 Å². The fraction of sp³-hybridized carbons (Fsp3) is 0.0385. The predicted molar refractivity (Wildman–Crippen MR) is 240 cm³/mol. The molecule has 0 bridgehead atoms. The van der Waals surface area contributed by atoms with Gasteiger partial charge in [0.1, 0.15) is 8.07 Å². The van der Waals surface area contributed by atoms with E-state index in [4.69, 9.17) is 0 Å². The zero-order valence-electron chi connectivity index (χ0n) is 30.1. The summed E-state index contributed by atoms with van der Waals surface area (Å²) >= 11 is 1.91. The molecular weight excluding hydrogens is 685 g/mol. The van der Waals surface area contributed by atoms with Crippen molar-refractivity contribution in [1.82, 2.24) is 0 Å². The molecule has 2 heterocycles. The molecule has 0 saturated heterocycles. The summed E-state index contributed by atoms with van der Waals surface area (Å²) in [6.07, 6.45) is 0. The molecule has 10 aromatic carbocycles. The lowest BCUT2D eigenvalue weighted by molar-refractivity contribution is 1.68. The Balaban J connectivity index is 1.14. The van der Waals surface area contributed by atoms with E-state index < -0.39 is 8.07 Å². The Morgan fingerprint density at radius 2 is 0.815 bits per heavy atom. The average molecular weight is 719 g/mol. The summed E-state index contributed by atoms with van der Waals surface area (Å²) < 4.78 is 2.69. The van der Waals surface area contributed by atoms with Gasteiger partial charge in [0.2, 0.25) is 0 Å². The second-order valence-corrected chi connectivity index (χ2v) is 20.9. The first-order valence-electron chi connectivity index (χ1n) is 18.9. The number of hydrogen-bond donors (Lipinski definition) is 0. The summed E-state index contributed by atoms with van der Waals surface area (Å²) in [7, 11) is -1.98. The van der Waals surface area contributed by atoms with E-state index in [1.807, 2.05) is 11.3 Å². The molecule has 252 valence electrons. The minimum absolute atomic E-state index is 1.29. The van der Waals surface area contributed by atoms with Gasteiger partial charge in [-0.1, -0.05) is 165 Å². The molecule has 0 radical (unpaired) electrons. The summed E-state index contributed by atoms with van der Waals surface area (Å²) in [6, 6.07) is 64.4. The third-order valence-electron chi connectivity index (χ3n) is 12.4. The van der Waals surface area contributed by atoms with Gasteiger partial charge in [-0.15, -0.1) is 11.3 Å². The van der Waals surface area contributed by atoms with Crippen molar-refractivity contribution >= 4 is 104 Å². The fourth-order valence-corrected chi connectivity index (χ4v) is 14.3. The van der Waals surface area contributed by atoms with Crippen LogP contribution in [0.1, 0.15) is 0 Å². The maximum absolute atomic E-state index is 2.57. The monoisotopic (exact) mass is 718 g/mol. The van der Waals surface area contributed by atoms with Gasteiger partial charge in [0.25, 0.3) is 0 Å². The van der Waals surface area contributed by atoms with Gasteiger partial charge >= 0.3 is 0 Å². The molecule has 0 spiro atoms. The summed E-state index contributed by atoms with van der Waals surface area (Å²) in [5.41, 5.74) is 8.07. The highest BCUT2D eigenvalue weighted by Gasteiger charge is 2.38. The van der Waals surface area contributed by atoms with E-state index in [0.717, 1.165) is 0 Å². The molecule has 12 rings (SSSR count). The van der Waals surface area contributed by atoms with Crippen molar-refractivity contribution in [3.8, 4) is 33.4 Å². The lowest BCUT2D eigenvalue weighted by atomic mass is 9.85. The van der Waals surface area contributed by atoms with Crippen molar-refractivity contribution in [2.75, 3.05) is 0 Å². The Kier molecular flexibility index (Phi) is 6.19. The normalized spacial score (nSPS) is 13.5. The second-order valence-electron chi connectivity index (χ2n) is 15.5. The van der Waals surface area contributed by atoms with Crippen molar-refractivity contribution < 1.29 is 0 Å². The largest absolute Gasteiger partial charge is 0.135 e. The van der Waals surface area contributed by atoms with Crippen molar-refractivity contribution in [2.45, 2.75) is 13.1 Å². The molecular formula is C52H34SSi. The molecule has 0 unspecified atom stereocenters. The zero-order valence-corrected chi connectivity index (χ0v) is 31.9. The van der Waals surface area contributed by atoms with Crippen LogP contribution in [0.15, 0.2) is 170 Å². The number of hydrogen-bond acceptors (Lipinski definition) is 1. The van der Waals surface area contributed by atoms with Gasteiger partial charge in [0.15, 0.2) is 0 Å².